The smallest absolute Gasteiger partial charge is 0.295 e. The average Bonchev–Trinajstić information content (AvgIpc) is 3.04. The molecule has 1 unspecified atom stereocenters. The number of nitrogens with zero attached hydrogens (tertiary/aromatic N) is 1. The predicted octanol–water partition coefficient (Wildman–Crippen LogP) is 3.84. The van der Waals surface area contributed by atoms with E-state index in [4.69, 9.17) is 9.84 Å². The van der Waals surface area contributed by atoms with Gasteiger partial charge in [0.2, 0.25) is 0 Å². The highest BCUT2D eigenvalue weighted by atomic mass is 16.5. The highest BCUT2D eigenvalue weighted by Gasteiger charge is 2.45. The third-order valence-electron chi connectivity index (χ3n) is 5.39. The molecule has 1 fully saturated rings. The third-order valence-corrected chi connectivity index (χ3v) is 5.39. The molecule has 0 aliphatic carbocycles. The number of benzene rings is 2. The van der Waals surface area contributed by atoms with Gasteiger partial charge < -0.3 is 19.8 Å². The Morgan fingerprint density at radius 3 is 2.48 bits per heavy atom. The molecule has 31 heavy (non-hydrogen) atoms. The van der Waals surface area contributed by atoms with Crippen molar-refractivity contribution in [1.29, 1.82) is 0 Å². The molecule has 1 saturated heterocycles. The van der Waals surface area contributed by atoms with E-state index < -0.39 is 17.7 Å². The molecule has 0 bridgehead atoms. The Kier molecular flexibility index (Phi) is 7.47. The molecule has 2 aromatic rings. The maximum atomic E-state index is 12.9. The van der Waals surface area contributed by atoms with Crippen LogP contribution in [0.3, 0.4) is 0 Å². The zero-order valence-corrected chi connectivity index (χ0v) is 18.0. The summed E-state index contributed by atoms with van der Waals surface area (Å²) in [6, 6.07) is 13.9. The van der Waals surface area contributed by atoms with Crippen LogP contribution < -0.4 is 4.74 Å². The maximum Gasteiger partial charge on any atom is 0.295 e. The molecule has 1 aliphatic heterocycles. The Hall–Kier alpha value is -3.12. The van der Waals surface area contributed by atoms with Crippen molar-refractivity contribution in [3.8, 4) is 5.75 Å². The van der Waals surface area contributed by atoms with Crippen LogP contribution in [0.15, 0.2) is 54.1 Å². The fraction of sp³-hybridized carbons (Fsp3) is 0.360. The van der Waals surface area contributed by atoms with Crippen molar-refractivity contribution >= 4 is 17.4 Å². The van der Waals surface area contributed by atoms with Gasteiger partial charge in [0, 0.05) is 25.1 Å². The summed E-state index contributed by atoms with van der Waals surface area (Å²) in [4.78, 5) is 27.2. The van der Waals surface area contributed by atoms with Gasteiger partial charge in [0.05, 0.1) is 18.2 Å². The Balaban J connectivity index is 2.07. The number of ketones is 1. The number of carbonyl (C=O) groups excluding carboxylic acids is 2. The lowest BCUT2D eigenvalue weighted by Gasteiger charge is -2.25. The van der Waals surface area contributed by atoms with E-state index in [1.807, 2.05) is 32.0 Å². The van der Waals surface area contributed by atoms with E-state index >= 15 is 0 Å². The van der Waals surface area contributed by atoms with E-state index in [2.05, 4.69) is 0 Å². The number of aryl methyl sites for hydroxylation is 1. The quantitative estimate of drug-likeness (QED) is 0.277. The normalized spacial score (nSPS) is 17.9. The molecule has 1 atom stereocenters. The predicted molar refractivity (Wildman–Crippen MR) is 119 cm³/mol. The Labute approximate surface area is 182 Å². The van der Waals surface area contributed by atoms with Crippen molar-refractivity contribution in [3.63, 3.8) is 0 Å². The molecule has 2 N–H and O–H groups in total. The first-order valence-electron chi connectivity index (χ1n) is 10.7. The highest BCUT2D eigenvalue weighted by Crippen LogP contribution is 2.40. The van der Waals surface area contributed by atoms with E-state index in [1.54, 1.807) is 30.3 Å². The summed E-state index contributed by atoms with van der Waals surface area (Å²) in [6.45, 7) is 4.78. The number of hydrogen-bond acceptors (Lipinski definition) is 5. The summed E-state index contributed by atoms with van der Waals surface area (Å²) < 4.78 is 5.67. The first kappa shape index (κ1) is 22.6. The summed E-state index contributed by atoms with van der Waals surface area (Å²) in [5, 5.41) is 20.0. The van der Waals surface area contributed by atoms with Crippen LogP contribution in [0.2, 0.25) is 0 Å². The van der Waals surface area contributed by atoms with Crippen LogP contribution in [0.1, 0.15) is 49.4 Å². The van der Waals surface area contributed by atoms with Gasteiger partial charge in [0.15, 0.2) is 0 Å². The van der Waals surface area contributed by atoms with Crippen molar-refractivity contribution in [1.82, 2.24) is 4.90 Å². The summed E-state index contributed by atoms with van der Waals surface area (Å²) in [7, 11) is 0. The minimum absolute atomic E-state index is 0.0349. The van der Waals surface area contributed by atoms with Crippen LogP contribution >= 0.6 is 0 Å². The van der Waals surface area contributed by atoms with Gasteiger partial charge in [-0.2, -0.15) is 0 Å². The van der Waals surface area contributed by atoms with Gasteiger partial charge in [0.25, 0.3) is 11.7 Å². The number of Topliss-reactive ketones (excluding diaryl/α,β-unsaturated/α-hetero) is 1. The molecular formula is C25H29NO5. The Bertz CT molecular complexity index is 964. The van der Waals surface area contributed by atoms with Crippen molar-refractivity contribution in [2.75, 3.05) is 19.8 Å². The highest BCUT2D eigenvalue weighted by molar-refractivity contribution is 6.46. The lowest BCUT2D eigenvalue weighted by molar-refractivity contribution is -0.139. The van der Waals surface area contributed by atoms with Gasteiger partial charge in [-0.3, -0.25) is 9.59 Å². The summed E-state index contributed by atoms with van der Waals surface area (Å²) >= 11 is 0. The van der Waals surface area contributed by atoms with E-state index in [0.717, 1.165) is 12.0 Å². The molecule has 0 saturated carbocycles. The molecular weight excluding hydrogens is 394 g/mol. The monoisotopic (exact) mass is 423 g/mol. The summed E-state index contributed by atoms with van der Waals surface area (Å²) in [6.07, 6.45) is 2.05. The Morgan fingerprint density at radius 1 is 1.10 bits per heavy atom. The molecule has 1 heterocycles. The standard InChI is InChI=1S/C25H29NO5/c1-3-13-26-22(19-7-5-8-20(16-19)31-15-6-14-27)21(24(29)25(26)30)23(28)18-11-9-17(4-2)10-12-18/h5,7-12,16,22,27-28H,3-4,6,13-15H2,1-2H3/b23-21-. The van der Waals surface area contributed by atoms with Crippen LogP contribution in [-0.2, 0) is 16.0 Å². The number of rotatable bonds is 9. The second-order valence-corrected chi connectivity index (χ2v) is 7.54. The number of ether oxygens (including phenoxy) is 1. The Morgan fingerprint density at radius 2 is 1.84 bits per heavy atom. The largest absolute Gasteiger partial charge is 0.507 e. The molecule has 2 aromatic carbocycles. The van der Waals surface area contributed by atoms with Crippen molar-refractivity contribution in [3.05, 3.63) is 70.8 Å². The topological polar surface area (TPSA) is 87.1 Å². The number of hydrogen-bond donors (Lipinski definition) is 2. The van der Waals surface area contributed by atoms with E-state index in [0.29, 0.717) is 42.9 Å². The van der Waals surface area contributed by atoms with Gasteiger partial charge in [0.1, 0.15) is 11.5 Å². The minimum Gasteiger partial charge on any atom is -0.507 e. The fourth-order valence-electron chi connectivity index (χ4n) is 3.78. The second kappa shape index (κ2) is 10.3. The second-order valence-electron chi connectivity index (χ2n) is 7.54. The molecule has 0 spiro atoms. The molecule has 6 heteroatoms. The first-order chi connectivity index (χ1) is 15.0. The van der Waals surface area contributed by atoms with E-state index in [1.165, 1.54) is 4.90 Å². The third kappa shape index (κ3) is 4.80. The number of aliphatic hydroxyl groups excluding tert-OH is 2. The number of aliphatic hydroxyl groups is 2. The lowest BCUT2D eigenvalue weighted by atomic mass is 9.94. The number of carbonyl (C=O) groups is 2. The summed E-state index contributed by atoms with van der Waals surface area (Å²) in [5.74, 6) is -0.871. The van der Waals surface area contributed by atoms with Crippen LogP contribution in [0.5, 0.6) is 5.75 Å². The minimum atomic E-state index is -0.688. The zero-order valence-electron chi connectivity index (χ0n) is 18.0. The van der Waals surface area contributed by atoms with Crippen molar-refractivity contribution in [2.24, 2.45) is 0 Å². The van der Waals surface area contributed by atoms with E-state index in [-0.39, 0.29) is 17.9 Å². The van der Waals surface area contributed by atoms with E-state index in [9.17, 15) is 14.7 Å². The average molecular weight is 424 g/mol. The molecule has 1 amide bonds. The van der Waals surface area contributed by atoms with Crippen molar-refractivity contribution < 1.29 is 24.5 Å². The fourth-order valence-corrected chi connectivity index (χ4v) is 3.78. The first-order valence-corrected chi connectivity index (χ1v) is 10.7. The number of likely N-dealkylation sites (tertiary alicyclic amines) is 1. The zero-order chi connectivity index (χ0) is 22.4. The van der Waals surface area contributed by atoms with Crippen LogP contribution in [-0.4, -0.2) is 46.6 Å². The maximum absolute atomic E-state index is 12.9. The molecule has 164 valence electrons. The molecule has 0 aromatic heterocycles. The van der Waals surface area contributed by atoms with Gasteiger partial charge in [-0.25, -0.2) is 0 Å². The van der Waals surface area contributed by atoms with Gasteiger partial charge >= 0.3 is 0 Å². The summed E-state index contributed by atoms with van der Waals surface area (Å²) in [5.41, 5.74) is 2.41. The lowest BCUT2D eigenvalue weighted by Crippen LogP contribution is -2.30. The SMILES string of the molecule is CCCN1C(=O)C(=O)/C(=C(\O)c2ccc(CC)cc2)C1c1cccc(OCCCO)c1. The number of amides is 1. The van der Waals surface area contributed by atoms with Crippen LogP contribution in [0.4, 0.5) is 0 Å². The van der Waals surface area contributed by atoms with Crippen molar-refractivity contribution in [2.45, 2.75) is 39.2 Å². The van der Waals surface area contributed by atoms with Gasteiger partial charge in [-0.05, 0) is 36.1 Å². The molecule has 6 nitrogen and oxygen atoms in total. The van der Waals surface area contributed by atoms with Crippen LogP contribution in [0.25, 0.3) is 5.76 Å². The van der Waals surface area contributed by atoms with Gasteiger partial charge in [-0.1, -0.05) is 50.2 Å². The molecule has 1 aliphatic rings. The molecule has 0 radical (unpaired) electrons. The molecule has 3 rings (SSSR count). The van der Waals surface area contributed by atoms with Crippen LogP contribution in [0, 0.1) is 0 Å². The van der Waals surface area contributed by atoms with Gasteiger partial charge in [-0.15, -0.1) is 0 Å².